The Labute approximate surface area is 106 Å². The third-order valence-corrected chi connectivity index (χ3v) is 2.10. The lowest BCUT2D eigenvalue weighted by Crippen LogP contribution is -2.12. The molecule has 5 heteroatoms. The Kier molecular flexibility index (Phi) is 6.21. The summed E-state index contributed by atoms with van der Waals surface area (Å²) in [6.45, 7) is 1.15. The number of nitrogens with two attached hydrogens (primary N) is 1. The molecule has 0 unspecified atom stereocenters. The number of aliphatic carboxylic acids is 1. The Balaban J connectivity index is 2.29. The molecule has 0 bridgehead atoms. The average molecular weight is 248 g/mol. The summed E-state index contributed by atoms with van der Waals surface area (Å²) in [7, 11) is 0. The second-order valence-corrected chi connectivity index (χ2v) is 3.47. The lowest BCUT2D eigenvalue weighted by Gasteiger charge is -2.02. The summed E-state index contributed by atoms with van der Waals surface area (Å²) < 4.78 is 5.37. The zero-order valence-electron chi connectivity index (χ0n) is 9.95. The van der Waals surface area contributed by atoms with Crippen LogP contribution in [0.5, 0.6) is 0 Å². The van der Waals surface area contributed by atoms with Gasteiger partial charge in [0, 0.05) is 0 Å². The van der Waals surface area contributed by atoms with Crippen molar-refractivity contribution in [1.82, 2.24) is 0 Å². The summed E-state index contributed by atoms with van der Waals surface area (Å²) in [5, 5.41) is 8.76. The van der Waals surface area contributed by atoms with Gasteiger partial charge in [0.05, 0.1) is 19.8 Å². The summed E-state index contributed by atoms with van der Waals surface area (Å²) in [5.74, 6) is -1.10. The minimum absolute atomic E-state index is 0.0687. The van der Waals surface area contributed by atoms with Crippen LogP contribution in [0.15, 0.2) is 47.6 Å². The van der Waals surface area contributed by atoms with E-state index in [9.17, 15) is 4.79 Å². The highest BCUT2D eigenvalue weighted by Crippen LogP contribution is 2.00. The van der Waals surface area contributed by atoms with E-state index in [-0.39, 0.29) is 5.71 Å². The van der Waals surface area contributed by atoms with Crippen LogP contribution in [0.2, 0.25) is 0 Å². The van der Waals surface area contributed by atoms with Crippen molar-refractivity contribution in [2.75, 3.05) is 13.2 Å². The number of carboxylic acid groups (broad SMARTS) is 1. The molecule has 0 spiro atoms. The van der Waals surface area contributed by atoms with Crippen molar-refractivity contribution in [2.45, 2.75) is 6.61 Å². The van der Waals surface area contributed by atoms with Crippen molar-refractivity contribution in [3.05, 3.63) is 48.2 Å². The van der Waals surface area contributed by atoms with E-state index in [1.807, 2.05) is 30.3 Å². The quantitative estimate of drug-likeness (QED) is 0.561. The number of hydrogen-bond acceptors (Lipinski definition) is 4. The predicted octanol–water partition coefficient (Wildman–Crippen LogP) is 1.20. The van der Waals surface area contributed by atoms with Crippen molar-refractivity contribution in [1.29, 1.82) is 0 Å². The first-order chi connectivity index (χ1) is 8.74. The molecule has 5 nitrogen and oxygen atoms in total. The predicted molar refractivity (Wildman–Crippen MR) is 69.4 cm³/mol. The molecule has 0 aromatic heterocycles. The van der Waals surface area contributed by atoms with E-state index in [4.69, 9.17) is 15.6 Å². The zero-order valence-corrected chi connectivity index (χ0v) is 9.95. The lowest BCUT2D eigenvalue weighted by molar-refractivity contribution is -0.129. The molecule has 0 fully saturated rings. The highest BCUT2D eigenvalue weighted by Gasteiger charge is 2.03. The molecule has 0 aliphatic rings. The molecule has 0 saturated carbocycles. The second-order valence-electron chi connectivity index (χ2n) is 3.47. The third kappa shape index (κ3) is 5.27. The standard InChI is InChI=1S/C13H16N2O3/c14-7-6-12(13(16)17)15-8-9-18-10-11-4-2-1-3-5-11/h1-7H,8-10,14H2,(H,16,17). The van der Waals surface area contributed by atoms with Gasteiger partial charge < -0.3 is 15.6 Å². The molecule has 3 N–H and O–H groups in total. The number of aliphatic imine (C=N–C) groups is 1. The molecule has 0 saturated heterocycles. The van der Waals surface area contributed by atoms with E-state index in [2.05, 4.69) is 4.99 Å². The molecule has 1 aromatic carbocycles. The number of carbonyl (C=O) groups is 1. The Hall–Kier alpha value is -2.14. The van der Waals surface area contributed by atoms with Gasteiger partial charge in [-0.2, -0.15) is 0 Å². The molecule has 1 rings (SSSR count). The number of hydrogen-bond donors (Lipinski definition) is 2. The van der Waals surface area contributed by atoms with Crippen molar-refractivity contribution in [2.24, 2.45) is 10.7 Å². The topological polar surface area (TPSA) is 84.9 Å². The van der Waals surface area contributed by atoms with Crippen LogP contribution in [-0.2, 0) is 16.1 Å². The van der Waals surface area contributed by atoms with Gasteiger partial charge in [0.1, 0.15) is 5.71 Å². The van der Waals surface area contributed by atoms with E-state index in [1.54, 1.807) is 0 Å². The van der Waals surface area contributed by atoms with Crippen molar-refractivity contribution in [3.63, 3.8) is 0 Å². The lowest BCUT2D eigenvalue weighted by atomic mass is 10.2. The maximum absolute atomic E-state index is 10.7. The second kappa shape index (κ2) is 8.03. The third-order valence-electron chi connectivity index (χ3n) is 2.10. The summed E-state index contributed by atoms with van der Waals surface area (Å²) in [6, 6.07) is 9.73. The number of rotatable bonds is 7. The van der Waals surface area contributed by atoms with E-state index >= 15 is 0 Å². The minimum atomic E-state index is -1.10. The van der Waals surface area contributed by atoms with Crippen LogP contribution in [0.25, 0.3) is 0 Å². The molecule has 0 atom stereocenters. The van der Waals surface area contributed by atoms with Crippen LogP contribution in [-0.4, -0.2) is 29.9 Å². The van der Waals surface area contributed by atoms with E-state index in [1.165, 1.54) is 6.08 Å². The van der Waals surface area contributed by atoms with Crippen LogP contribution in [0, 0.1) is 0 Å². The normalized spacial score (nSPS) is 11.9. The number of nitrogens with zero attached hydrogens (tertiary/aromatic N) is 1. The van der Waals surface area contributed by atoms with Gasteiger partial charge in [-0.15, -0.1) is 0 Å². The first-order valence-electron chi connectivity index (χ1n) is 5.51. The van der Waals surface area contributed by atoms with Gasteiger partial charge in [0.15, 0.2) is 0 Å². The van der Waals surface area contributed by atoms with Gasteiger partial charge in [-0.25, -0.2) is 4.79 Å². The molecule has 0 amide bonds. The fraction of sp³-hybridized carbons (Fsp3) is 0.231. The molecule has 0 radical (unpaired) electrons. The van der Waals surface area contributed by atoms with Gasteiger partial charge in [0.2, 0.25) is 0 Å². The number of benzene rings is 1. The number of carboxylic acids is 1. The van der Waals surface area contributed by atoms with Crippen LogP contribution in [0.1, 0.15) is 5.56 Å². The minimum Gasteiger partial charge on any atom is -0.477 e. The Morgan fingerprint density at radius 1 is 1.39 bits per heavy atom. The van der Waals surface area contributed by atoms with Crippen LogP contribution < -0.4 is 5.73 Å². The first-order valence-corrected chi connectivity index (χ1v) is 5.51. The fourth-order valence-corrected chi connectivity index (χ4v) is 1.28. The molecular formula is C13H16N2O3. The van der Waals surface area contributed by atoms with Crippen molar-refractivity contribution < 1.29 is 14.6 Å². The molecular weight excluding hydrogens is 232 g/mol. The summed E-state index contributed by atoms with van der Waals surface area (Å²) >= 11 is 0. The maximum Gasteiger partial charge on any atom is 0.354 e. The van der Waals surface area contributed by atoms with E-state index < -0.39 is 5.97 Å². The molecule has 18 heavy (non-hydrogen) atoms. The summed E-state index contributed by atoms with van der Waals surface area (Å²) in [5.41, 5.74) is 6.12. The molecule has 0 aliphatic carbocycles. The van der Waals surface area contributed by atoms with Crippen molar-refractivity contribution in [3.8, 4) is 0 Å². The van der Waals surface area contributed by atoms with Crippen LogP contribution in [0.4, 0.5) is 0 Å². The summed E-state index contributed by atoms with van der Waals surface area (Å²) in [6.07, 6.45) is 2.40. The number of ether oxygens (including phenoxy) is 1. The Morgan fingerprint density at radius 3 is 2.72 bits per heavy atom. The SMILES string of the molecule is NC=CC(=NCCOCc1ccccc1)C(=O)O. The van der Waals surface area contributed by atoms with E-state index in [0.717, 1.165) is 11.8 Å². The van der Waals surface area contributed by atoms with Gasteiger partial charge in [0.25, 0.3) is 0 Å². The average Bonchev–Trinajstić information content (AvgIpc) is 2.38. The largest absolute Gasteiger partial charge is 0.477 e. The van der Waals surface area contributed by atoms with Crippen molar-refractivity contribution >= 4 is 11.7 Å². The Bertz CT molecular complexity index is 427. The Morgan fingerprint density at radius 2 is 2.11 bits per heavy atom. The van der Waals surface area contributed by atoms with Gasteiger partial charge in [-0.05, 0) is 17.8 Å². The highest BCUT2D eigenvalue weighted by molar-refractivity contribution is 6.40. The summed E-state index contributed by atoms with van der Waals surface area (Å²) in [4.78, 5) is 14.6. The zero-order chi connectivity index (χ0) is 13.2. The molecule has 1 aromatic rings. The van der Waals surface area contributed by atoms with Gasteiger partial charge >= 0.3 is 5.97 Å². The fourth-order valence-electron chi connectivity index (χ4n) is 1.28. The smallest absolute Gasteiger partial charge is 0.354 e. The molecule has 0 aliphatic heterocycles. The first kappa shape index (κ1) is 13.9. The molecule has 96 valence electrons. The van der Waals surface area contributed by atoms with Gasteiger partial charge in [-0.1, -0.05) is 30.3 Å². The van der Waals surface area contributed by atoms with Crippen LogP contribution in [0.3, 0.4) is 0 Å². The van der Waals surface area contributed by atoms with Crippen LogP contribution >= 0.6 is 0 Å². The monoisotopic (exact) mass is 248 g/mol. The maximum atomic E-state index is 10.7. The highest BCUT2D eigenvalue weighted by atomic mass is 16.5. The van der Waals surface area contributed by atoms with E-state index in [0.29, 0.717) is 19.8 Å². The molecule has 0 heterocycles. The van der Waals surface area contributed by atoms with Gasteiger partial charge in [-0.3, -0.25) is 4.99 Å².